The van der Waals surface area contributed by atoms with E-state index in [9.17, 15) is 8.42 Å². The second-order valence-corrected chi connectivity index (χ2v) is 5.07. The molecule has 0 unspecified atom stereocenters. The zero-order valence-electron chi connectivity index (χ0n) is 8.56. The van der Waals surface area contributed by atoms with E-state index in [-0.39, 0.29) is 16.5 Å². The van der Waals surface area contributed by atoms with Gasteiger partial charge in [-0.25, -0.2) is 13.1 Å². The van der Waals surface area contributed by atoms with Crippen LogP contribution in [0.5, 0.6) is 0 Å². The van der Waals surface area contributed by atoms with Crippen molar-refractivity contribution in [1.29, 1.82) is 5.26 Å². The first kappa shape index (κ1) is 11.7. The molecule has 0 radical (unpaired) electrons. The van der Waals surface area contributed by atoms with E-state index in [1.165, 1.54) is 12.1 Å². The lowest BCUT2D eigenvalue weighted by Crippen LogP contribution is -2.30. The van der Waals surface area contributed by atoms with E-state index in [1.54, 1.807) is 26.0 Å². The van der Waals surface area contributed by atoms with E-state index in [1.807, 2.05) is 6.07 Å². The highest BCUT2D eigenvalue weighted by atomic mass is 32.2. The predicted molar refractivity (Wildman–Crippen MR) is 56.6 cm³/mol. The molecule has 0 aliphatic heterocycles. The van der Waals surface area contributed by atoms with E-state index in [0.717, 1.165) is 0 Å². The predicted octanol–water partition coefficient (Wildman–Crippen LogP) is 1.24. The van der Waals surface area contributed by atoms with Gasteiger partial charge in [-0.1, -0.05) is 12.1 Å². The Labute approximate surface area is 89.6 Å². The van der Waals surface area contributed by atoms with Crippen molar-refractivity contribution >= 4 is 10.0 Å². The second kappa shape index (κ2) is 4.43. The summed E-state index contributed by atoms with van der Waals surface area (Å²) in [5.41, 5.74) is 0.158. The van der Waals surface area contributed by atoms with Crippen molar-refractivity contribution in [3.63, 3.8) is 0 Å². The highest BCUT2D eigenvalue weighted by Crippen LogP contribution is 2.14. The third-order valence-electron chi connectivity index (χ3n) is 1.69. The van der Waals surface area contributed by atoms with E-state index in [2.05, 4.69) is 4.72 Å². The second-order valence-electron chi connectivity index (χ2n) is 3.38. The van der Waals surface area contributed by atoms with E-state index < -0.39 is 10.0 Å². The van der Waals surface area contributed by atoms with Gasteiger partial charge in [0.25, 0.3) is 0 Å². The molecule has 0 heterocycles. The summed E-state index contributed by atoms with van der Waals surface area (Å²) < 4.78 is 26.0. The minimum absolute atomic E-state index is 0.0289. The van der Waals surface area contributed by atoms with Crippen LogP contribution >= 0.6 is 0 Å². The van der Waals surface area contributed by atoms with Gasteiger partial charge >= 0.3 is 0 Å². The standard InChI is InChI=1S/C10H12N2O2S/c1-8(2)12-15(13,14)10-6-4-3-5-9(10)7-11/h3-6,8,12H,1-2H3. The Morgan fingerprint density at radius 3 is 2.47 bits per heavy atom. The van der Waals surface area contributed by atoms with Crippen LogP contribution in [0.1, 0.15) is 19.4 Å². The summed E-state index contributed by atoms with van der Waals surface area (Å²) >= 11 is 0. The number of rotatable bonds is 3. The normalized spacial score (nSPS) is 11.3. The average Bonchev–Trinajstić information content (AvgIpc) is 2.16. The summed E-state index contributed by atoms with van der Waals surface area (Å²) in [5, 5.41) is 8.77. The van der Waals surface area contributed by atoms with Crippen LogP contribution < -0.4 is 4.72 Å². The van der Waals surface area contributed by atoms with Gasteiger partial charge in [0, 0.05) is 6.04 Å². The Bertz CT molecular complexity index is 486. The van der Waals surface area contributed by atoms with Gasteiger partial charge in [0.1, 0.15) is 6.07 Å². The molecular formula is C10H12N2O2S. The lowest BCUT2D eigenvalue weighted by molar-refractivity contribution is 0.569. The topological polar surface area (TPSA) is 70.0 Å². The molecule has 0 aliphatic carbocycles. The quantitative estimate of drug-likeness (QED) is 0.839. The first-order valence-corrected chi connectivity index (χ1v) is 5.97. The van der Waals surface area contributed by atoms with Crippen molar-refractivity contribution in [3.05, 3.63) is 29.8 Å². The monoisotopic (exact) mass is 224 g/mol. The van der Waals surface area contributed by atoms with Gasteiger partial charge in [0.15, 0.2) is 0 Å². The third-order valence-corrected chi connectivity index (χ3v) is 3.40. The summed E-state index contributed by atoms with van der Waals surface area (Å²) in [7, 11) is -3.57. The maximum atomic E-state index is 11.8. The number of hydrogen-bond donors (Lipinski definition) is 1. The van der Waals surface area contributed by atoms with Crippen LogP contribution in [0.15, 0.2) is 29.2 Å². The summed E-state index contributed by atoms with van der Waals surface area (Å²) in [6.45, 7) is 3.46. The van der Waals surface area contributed by atoms with Gasteiger partial charge in [0.2, 0.25) is 10.0 Å². The molecule has 80 valence electrons. The SMILES string of the molecule is CC(C)NS(=O)(=O)c1ccccc1C#N. The van der Waals surface area contributed by atoms with Crippen LogP contribution in [0.4, 0.5) is 0 Å². The highest BCUT2D eigenvalue weighted by molar-refractivity contribution is 7.89. The Morgan fingerprint density at radius 1 is 1.33 bits per heavy atom. The molecule has 0 bridgehead atoms. The first-order valence-electron chi connectivity index (χ1n) is 4.49. The first-order chi connectivity index (χ1) is 6.97. The maximum Gasteiger partial charge on any atom is 0.242 e. The molecule has 0 aromatic heterocycles. The van der Waals surface area contributed by atoms with Crippen molar-refractivity contribution in [3.8, 4) is 6.07 Å². The molecule has 1 N–H and O–H groups in total. The molecule has 15 heavy (non-hydrogen) atoms. The van der Waals surface area contributed by atoms with Crippen molar-refractivity contribution in [2.45, 2.75) is 24.8 Å². The van der Waals surface area contributed by atoms with Crippen molar-refractivity contribution < 1.29 is 8.42 Å². The van der Waals surface area contributed by atoms with Crippen molar-refractivity contribution in [2.24, 2.45) is 0 Å². The minimum Gasteiger partial charge on any atom is -0.209 e. The largest absolute Gasteiger partial charge is 0.242 e. The van der Waals surface area contributed by atoms with Crippen LogP contribution in [-0.2, 0) is 10.0 Å². The smallest absolute Gasteiger partial charge is 0.209 e. The molecule has 0 amide bonds. The van der Waals surface area contributed by atoms with Crippen LogP contribution in [0, 0.1) is 11.3 Å². The molecule has 1 aromatic carbocycles. The van der Waals surface area contributed by atoms with Crippen LogP contribution in [-0.4, -0.2) is 14.5 Å². The van der Waals surface area contributed by atoms with Gasteiger partial charge in [-0.05, 0) is 26.0 Å². The maximum absolute atomic E-state index is 11.8. The number of nitriles is 1. The zero-order valence-corrected chi connectivity index (χ0v) is 9.38. The van der Waals surface area contributed by atoms with E-state index >= 15 is 0 Å². The lowest BCUT2D eigenvalue weighted by atomic mass is 10.2. The molecule has 0 saturated carbocycles. The Morgan fingerprint density at radius 2 is 1.93 bits per heavy atom. The van der Waals surface area contributed by atoms with Crippen LogP contribution in [0.3, 0.4) is 0 Å². The molecule has 0 atom stereocenters. The van der Waals surface area contributed by atoms with Gasteiger partial charge < -0.3 is 0 Å². The number of hydrogen-bond acceptors (Lipinski definition) is 3. The number of sulfonamides is 1. The molecule has 0 saturated heterocycles. The minimum atomic E-state index is -3.57. The Balaban J connectivity index is 3.23. The van der Waals surface area contributed by atoms with Gasteiger partial charge in [-0.15, -0.1) is 0 Å². The molecule has 0 fully saturated rings. The molecule has 0 spiro atoms. The van der Waals surface area contributed by atoms with Crippen molar-refractivity contribution in [2.75, 3.05) is 0 Å². The summed E-state index contributed by atoms with van der Waals surface area (Å²) in [6, 6.07) is 7.79. The summed E-state index contributed by atoms with van der Waals surface area (Å²) in [5.74, 6) is 0. The Kier molecular flexibility index (Phi) is 3.45. The average molecular weight is 224 g/mol. The van der Waals surface area contributed by atoms with Gasteiger partial charge in [-0.2, -0.15) is 5.26 Å². The molecule has 1 aromatic rings. The molecule has 5 heteroatoms. The highest BCUT2D eigenvalue weighted by Gasteiger charge is 2.18. The van der Waals surface area contributed by atoms with E-state index in [0.29, 0.717) is 0 Å². The fourth-order valence-corrected chi connectivity index (χ4v) is 2.58. The summed E-state index contributed by atoms with van der Waals surface area (Å²) in [6.07, 6.45) is 0. The van der Waals surface area contributed by atoms with Gasteiger partial charge in [-0.3, -0.25) is 0 Å². The van der Waals surface area contributed by atoms with Crippen LogP contribution in [0.25, 0.3) is 0 Å². The number of nitrogens with zero attached hydrogens (tertiary/aromatic N) is 1. The fourth-order valence-electron chi connectivity index (χ4n) is 1.17. The van der Waals surface area contributed by atoms with Crippen molar-refractivity contribution in [1.82, 2.24) is 4.72 Å². The summed E-state index contributed by atoms with van der Waals surface area (Å²) in [4.78, 5) is 0.0289. The Hall–Kier alpha value is -1.38. The van der Waals surface area contributed by atoms with E-state index in [4.69, 9.17) is 5.26 Å². The molecule has 4 nitrogen and oxygen atoms in total. The lowest BCUT2D eigenvalue weighted by Gasteiger charge is -2.10. The number of benzene rings is 1. The zero-order chi connectivity index (χ0) is 11.5. The molecule has 1 rings (SSSR count). The van der Waals surface area contributed by atoms with Crippen LogP contribution in [0.2, 0.25) is 0 Å². The number of nitrogens with one attached hydrogen (secondary N) is 1. The molecule has 0 aliphatic rings. The molecular weight excluding hydrogens is 212 g/mol. The van der Waals surface area contributed by atoms with Gasteiger partial charge in [0.05, 0.1) is 10.5 Å². The fraction of sp³-hybridized carbons (Fsp3) is 0.300. The third kappa shape index (κ3) is 2.78.